The Hall–Kier alpha value is -0.130. The van der Waals surface area contributed by atoms with Crippen molar-refractivity contribution in [1.29, 1.82) is 0 Å². The van der Waals surface area contributed by atoms with Gasteiger partial charge < -0.3 is 10.1 Å². The van der Waals surface area contributed by atoms with Crippen molar-refractivity contribution in [2.75, 3.05) is 26.3 Å². The maximum absolute atomic E-state index is 12.2. The quantitative estimate of drug-likeness (QED) is 0.652. The Morgan fingerprint density at radius 3 is 2.61 bits per heavy atom. The normalized spacial score (nSPS) is 19.2. The lowest BCUT2D eigenvalue weighted by molar-refractivity contribution is 0.145. The van der Waals surface area contributed by atoms with Gasteiger partial charge in [-0.05, 0) is 39.7 Å². The second kappa shape index (κ2) is 8.12. The molecule has 1 saturated carbocycles. The molecule has 0 aromatic carbocycles. The molecule has 1 rings (SSSR count). The van der Waals surface area contributed by atoms with E-state index in [-0.39, 0.29) is 10.5 Å². The Morgan fingerprint density at radius 2 is 2.00 bits per heavy atom. The average molecular weight is 277 g/mol. The highest BCUT2D eigenvalue weighted by atomic mass is 32.2. The summed E-state index contributed by atoms with van der Waals surface area (Å²) < 4.78 is 29.7. The lowest BCUT2D eigenvalue weighted by atomic mass is 10.4. The van der Waals surface area contributed by atoms with Crippen molar-refractivity contribution in [2.24, 2.45) is 0 Å². The van der Waals surface area contributed by atoms with Crippen molar-refractivity contribution in [3.05, 3.63) is 0 Å². The summed E-state index contributed by atoms with van der Waals surface area (Å²) in [6.45, 7) is 6.67. The lowest BCUT2D eigenvalue weighted by Gasteiger charge is -2.18. The van der Waals surface area contributed by atoms with E-state index in [0.717, 1.165) is 51.9 Å². The lowest BCUT2D eigenvalue weighted by Crippen LogP contribution is -2.36. The molecular formula is C13H27NO3S. The van der Waals surface area contributed by atoms with Crippen molar-refractivity contribution in [3.63, 3.8) is 0 Å². The third-order valence-electron chi connectivity index (χ3n) is 3.61. The van der Waals surface area contributed by atoms with Crippen LogP contribution in [-0.2, 0) is 14.6 Å². The van der Waals surface area contributed by atoms with Gasteiger partial charge in [0.25, 0.3) is 0 Å². The topological polar surface area (TPSA) is 55.4 Å². The minimum Gasteiger partial charge on any atom is -0.382 e. The molecule has 0 aliphatic heterocycles. The zero-order chi connectivity index (χ0) is 13.4. The molecule has 0 spiro atoms. The molecule has 1 aliphatic rings. The fraction of sp³-hybridized carbons (Fsp3) is 1.00. The Balaban J connectivity index is 2.20. The first-order chi connectivity index (χ1) is 8.59. The zero-order valence-corrected chi connectivity index (χ0v) is 12.5. The first-order valence-electron chi connectivity index (χ1n) is 7.10. The fourth-order valence-electron chi connectivity index (χ4n) is 2.41. The number of nitrogens with one attached hydrogen (secondary N) is 1. The van der Waals surface area contributed by atoms with E-state index in [2.05, 4.69) is 5.32 Å². The van der Waals surface area contributed by atoms with Gasteiger partial charge in [0, 0.05) is 19.8 Å². The van der Waals surface area contributed by atoms with E-state index in [1.54, 1.807) is 0 Å². The number of ether oxygens (including phenoxy) is 1. The van der Waals surface area contributed by atoms with Gasteiger partial charge in [-0.3, -0.25) is 0 Å². The zero-order valence-electron chi connectivity index (χ0n) is 11.7. The number of hydrogen-bond donors (Lipinski definition) is 1. The molecule has 0 saturated heterocycles. The smallest absolute Gasteiger partial charge is 0.156 e. The van der Waals surface area contributed by atoms with Gasteiger partial charge in [-0.15, -0.1) is 0 Å². The van der Waals surface area contributed by atoms with Gasteiger partial charge in [-0.25, -0.2) is 8.42 Å². The van der Waals surface area contributed by atoms with Crippen LogP contribution in [0.2, 0.25) is 0 Å². The van der Waals surface area contributed by atoms with Crippen LogP contribution in [-0.4, -0.2) is 45.2 Å². The second-order valence-corrected chi connectivity index (χ2v) is 7.71. The van der Waals surface area contributed by atoms with Crippen LogP contribution in [0.1, 0.15) is 46.0 Å². The third-order valence-corrected chi connectivity index (χ3v) is 6.29. The van der Waals surface area contributed by atoms with Crippen LogP contribution in [0.3, 0.4) is 0 Å². The molecule has 0 radical (unpaired) electrons. The Labute approximate surface area is 111 Å². The minimum atomic E-state index is -2.93. The molecule has 5 heteroatoms. The maximum atomic E-state index is 12.2. The fourth-order valence-corrected chi connectivity index (χ4v) is 4.41. The molecule has 0 aromatic heterocycles. The van der Waals surface area contributed by atoms with E-state index in [1.165, 1.54) is 0 Å². The molecular weight excluding hydrogens is 250 g/mol. The van der Waals surface area contributed by atoms with Crippen molar-refractivity contribution in [2.45, 2.75) is 56.5 Å². The van der Waals surface area contributed by atoms with Gasteiger partial charge in [0.2, 0.25) is 0 Å². The van der Waals surface area contributed by atoms with Crippen LogP contribution in [0, 0.1) is 0 Å². The molecule has 0 bridgehead atoms. The van der Waals surface area contributed by atoms with Crippen LogP contribution in [0.5, 0.6) is 0 Å². The summed E-state index contributed by atoms with van der Waals surface area (Å²) in [5.74, 6) is 0. The van der Waals surface area contributed by atoms with Crippen molar-refractivity contribution >= 4 is 9.84 Å². The highest BCUT2D eigenvalue weighted by Gasteiger charge is 2.32. The van der Waals surface area contributed by atoms with Crippen LogP contribution < -0.4 is 5.32 Å². The van der Waals surface area contributed by atoms with Gasteiger partial charge in [0.05, 0.1) is 10.5 Å². The van der Waals surface area contributed by atoms with E-state index >= 15 is 0 Å². The highest BCUT2D eigenvalue weighted by Crippen LogP contribution is 2.27. The van der Waals surface area contributed by atoms with Crippen LogP contribution in [0.25, 0.3) is 0 Å². The van der Waals surface area contributed by atoms with Gasteiger partial charge >= 0.3 is 0 Å². The Bertz CT molecular complexity index is 310. The van der Waals surface area contributed by atoms with Crippen molar-refractivity contribution in [3.8, 4) is 0 Å². The molecule has 108 valence electrons. The Kier molecular flexibility index (Phi) is 7.19. The summed E-state index contributed by atoms with van der Waals surface area (Å²) in [6, 6.07) is 0. The molecule has 0 aromatic rings. The maximum Gasteiger partial charge on any atom is 0.156 e. The summed E-state index contributed by atoms with van der Waals surface area (Å²) in [7, 11) is -2.93. The van der Waals surface area contributed by atoms with E-state index in [9.17, 15) is 8.42 Å². The van der Waals surface area contributed by atoms with Crippen molar-refractivity contribution < 1.29 is 13.2 Å². The molecule has 18 heavy (non-hydrogen) atoms. The molecule has 1 fully saturated rings. The molecule has 1 atom stereocenters. The van der Waals surface area contributed by atoms with Crippen LogP contribution in [0.4, 0.5) is 0 Å². The molecule has 1 aliphatic carbocycles. The first kappa shape index (κ1) is 15.9. The summed E-state index contributed by atoms with van der Waals surface area (Å²) in [6.07, 6.45) is 4.79. The Morgan fingerprint density at radius 1 is 1.33 bits per heavy atom. The third kappa shape index (κ3) is 4.86. The predicted octanol–water partition coefficient (Wildman–Crippen LogP) is 1.75. The predicted molar refractivity (Wildman–Crippen MR) is 74.6 cm³/mol. The van der Waals surface area contributed by atoms with E-state index in [4.69, 9.17) is 4.74 Å². The summed E-state index contributed by atoms with van der Waals surface area (Å²) in [5.41, 5.74) is 0. The monoisotopic (exact) mass is 277 g/mol. The highest BCUT2D eigenvalue weighted by molar-refractivity contribution is 7.92. The SMILES string of the molecule is CCOCCCNCC(C)S(=O)(=O)C1CCCC1. The first-order valence-corrected chi connectivity index (χ1v) is 8.71. The molecule has 0 heterocycles. The van der Waals surface area contributed by atoms with E-state index in [1.807, 2.05) is 13.8 Å². The second-order valence-electron chi connectivity index (χ2n) is 5.06. The van der Waals surface area contributed by atoms with Gasteiger partial charge in [0.15, 0.2) is 9.84 Å². The van der Waals surface area contributed by atoms with Crippen LogP contribution in [0.15, 0.2) is 0 Å². The summed E-state index contributed by atoms with van der Waals surface area (Å²) in [5, 5.41) is 2.86. The average Bonchev–Trinajstić information content (AvgIpc) is 2.87. The largest absolute Gasteiger partial charge is 0.382 e. The molecule has 1 N–H and O–H groups in total. The molecule has 0 amide bonds. The number of sulfone groups is 1. The minimum absolute atomic E-state index is 0.0854. The van der Waals surface area contributed by atoms with Crippen LogP contribution >= 0.6 is 0 Å². The van der Waals surface area contributed by atoms with Gasteiger partial charge in [-0.1, -0.05) is 12.8 Å². The van der Waals surface area contributed by atoms with Gasteiger partial charge in [0.1, 0.15) is 0 Å². The van der Waals surface area contributed by atoms with Crippen molar-refractivity contribution in [1.82, 2.24) is 5.32 Å². The molecule has 4 nitrogen and oxygen atoms in total. The van der Waals surface area contributed by atoms with E-state index < -0.39 is 9.84 Å². The number of rotatable bonds is 9. The van der Waals surface area contributed by atoms with Gasteiger partial charge in [-0.2, -0.15) is 0 Å². The standard InChI is InChI=1S/C13H27NO3S/c1-3-17-10-6-9-14-11-12(2)18(15,16)13-7-4-5-8-13/h12-14H,3-11H2,1-2H3. The summed E-state index contributed by atoms with van der Waals surface area (Å²) >= 11 is 0. The van der Waals surface area contributed by atoms with E-state index in [0.29, 0.717) is 6.54 Å². The molecule has 1 unspecified atom stereocenters. The number of hydrogen-bond acceptors (Lipinski definition) is 4. The summed E-state index contributed by atoms with van der Waals surface area (Å²) in [4.78, 5) is 0.